The first-order valence-electron chi connectivity index (χ1n) is 5.59. The van der Waals surface area contributed by atoms with Crippen LogP contribution in [0.3, 0.4) is 0 Å². The predicted molar refractivity (Wildman–Crippen MR) is 59.7 cm³/mol. The van der Waals surface area contributed by atoms with E-state index in [2.05, 4.69) is 4.98 Å². The van der Waals surface area contributed by atoms with Gasteiger partial charge in [0.25, 0.3) is 5.56 Å². The van der Waals surface area contributed by atoms with E-state index in [0.29, 0.717) is 12.1 Å². The van der Waals surface area contributed by atoms with E-state index in [9.17, 15) is 9.59 Å². The summed E-state index contributed by atoms with van der Waals surface area (Å²) >= 11 is 0. The summed E-state index contributed by atoms with van der Waals surface area (Å²) in [5.74, 6) is 0. The van der Waals surface area contributed by atoms with E-state index in [1.165, 1.54) is 0 Å². The van der Waals surface area contributed by atoms with Crippen LogP contribution >= 0.6 is 0 Å². The molecule has 1 aromatic heterocycles. The first-order chi connectivity index (χ1) is 7.66. The molecule has 1 aromatic rings. The fourth-order valence-corrected chi connectivity index (χ4v) is 1.94. The van der Waals surface area contributed by atoms with Crippen molar-refractivity contribution in [3.63, 3.8) is 0 Å². The van der Waals surface area contributed by atoms with Gasteiger partial charge in [0.15, 0.2) is 0 Å². The van der Waals surface area contributed by atoms with Crippen LogP contribution in [-0.4, -0.2) is 22.3 Å². The maximum atomic E-state index is 11.5. The lowest BCUT2D eigenvalue weighted by Crippen LogP contribution is -2.31. The molecule has 5 nitrogen and oxygen atoms in total. The van der Waals surface area contributed by atoms with Gasteiger partial charge in [-0.15, -0.1) is 0 Å². The smallest absolute Gasteiger partial charge is 0.328 e. The first-order valence-corrected chi connectivity index (χ1v) is 5.59. The minimum Gasteiger partial charge on any atom is -0.378 e. The zero-order chi connectivity index (χ0) is 11.5. The second-order valence-electron chi connectivity index (χ2n) is 4.19. The van der Waals surface area contributed by atoms with E-state index >= 15 is 0 Å². The lowest BCUT2D eigenvalue weighted by Gasteiger charge is -2.10. The van der Waals surface area contributed by atoms with Gasteiger partial charge in [-0.25, -0.2) is 4.79 Å². The molecule has 2 rings (SSSR count). The minimum absolute atomic E-state index is 0.263. The highest BCUT2D eigenvalue weighted by molar-refractivity contribution is 5.00. The lowest BCUT2D eigenvalue weighted by atomic mass is 10.2. The van der Waals surface area contributed by atoms with E-state index in [1.807, 2.05) is 0 Å². The van der Waals surface area contributed by atoms with Crippen LogP contribution in [0.1, 0.15) is 24.8 Å². The molecule has 0 aromatic carbocycles. The largest absolute Gasteiger partial charge is 0.378 e. The van der Waals surface area contributed by atoms with Crippen LogP contribution in [0.4, 0.5) is 0 Å². The zero-order valence-electron chi connectivity index (χ0n) is 9.36. The Labute approximate surface area is 93.1 Å². The topological polar surface area (TPSA) is 64.1 Å². The Hall–Kier alpha value is -1.36. The molecule has 0 radical (unpaired) electrons. The first kappa shape index (κ1) is 11.1. The number of ether oxygens (including phenoxy) is 1. The molecule has 0 bridgehead atoms. The molecule has 1 aliphatic rings. The molecule has 2 heterocycles. The molecular formula is C11H16N2O3. The molecule has 1 unspecified atom stereocenters. The van der Waals surface area contributed by atoms with Crippen molar-refractivity contribution in [1.82, 2.24) is 9.55 Å². The third-order valence-electron chi connectivity index (χ3n) is 2.90. The van der Waals surface area contributed by atoms with Crippen LogP contribution in [-0.2, 0) is 11.3 Å². The molecule has 5 heteroatoms. The number of aromatic amines is 1. The Morgan fingerprint density at radius 2 is 2.38 bits per heavy atom. The molecule has 16 heavy (non-hydrogen) atoms. The Bertz CT molecular complexity index is 469. The summed E-state index contributed by atoms with van der Waals surface area (Å²) in [4.78, 5) is 24.9. The molecule has 0 saturated carbocycles. The quantitative estimate of drug-likeness (QED) is 0.809. The number of hydrogen-bond acceptors (Lipinski definition) is 3. The van der Waals surface area contributed by atoms with Crippen molar-refractivity contribution in [3.05, 3.63) is 32.6 Å². The fourth-order valence-electron chi connectivity index (χ4n) is 1.94. The van der Waals surface area contributed by atoms with Gasteiger partial charge < -0.3 is 9.30 Å². The summed E-state index contributed by atoms with van der Waals surface area (Å²) in [6, 6.07) is 0. The minimum atomic E-state index is -0.339. The van der Waals surface area contributed by atoms with Gasteiger partial charge in [0.2, 0.25) is 0 Å². The maximum absolute atomic E-state index is 11.5. The third-order valence-corrected chi connectivity index (χ3v) is 2.90. The SMILES string of the molecule is Cc1cn(CCC2CCCO2)c(=O)[nH]c1=O. The Morgan fingerprint density at radius 3 is 3.06 bits per heavy atom. The molecule has 1 atom stereocenters. The summed E-state index contributed by atoms with van der Waals surface area (Å²) in [5.41, 5.74) is -0.0843. The van der Waals surface area contributed by atoms with Gasteiger partial charge in [-0.05, 0) is 26.2 Å². The van der Waals surface area contributed by atoms with Crippen LogP contribution in [0.2, 0.25) is 0 Å². The summed E-state index contributed by atoms with van der Waals surface area (Å²) in [7, 11) is 0. The van der Waals surface area contributed by atoms with Crippen molar-refractivity contribution < 1.29 is 4.74 Å². The van der Waals surface area contributed by atoms with E-state index in [4.69, 9.17) is 4.74 Å². The van der Waals surface area contributed by atoms with Crippen LogP contribution in [0.25, 0.3) is 0 Å². The van der Waals surface area contributed by atoms with Crippen LogP contribution in [0.5, 0.6) is 0 Å². The fraction of sp³-hybridized carbons (Fsp3) is 0.636. The van der Waals surface area contributed by atoms with Gasteiger partial charge in [-0.3, -0.25) is 9.78 Å². The van der Waals surface area contributed by atoms with Crippen molar-refractivity contribution in [1.29, 1.82) is 0 Å². The summed E-state index contributed by atoms with van der Waals surface area (Å²) < 4.78 is 7.02. The Balaban J connectivity index is 2.06. The van der Waals surface area contributed by atoms with Crippen molar-refractivity contribution in [2.45, 2.75) is 38.8 Å². The van der Waals surface area contributed by atoms with E-state index < -0.39 is 0 Å². The number of H-pyrrole nitrogens is 1. The number of rotatable bonds is 3. The van der Waals surface area contributed by atoms with Crippen LogP contribution in [0, 0.1) is 6.92 Å². The van der Waals surface area contributed by atoms with Gasteiger partial charge in [0, 0.05) is 24.9 Å². The summed E-state index contributed by atoms with van der Waals surface area (Å²) in [5, 5.41) is 0. The van der Waals surface area contributed by atoms with Gasteiger partial charge in [-0.2, -0.15) is 0 Å². The summed E-state index contributed by atoms with van der Waals surface area (Å²) in [6.45, 7) is 3.12. The van der Waals surface area contributed by atoms with Gasteiger partial charge in [-0.1, -0.05) is 0 Å². The van der Waals surface area contributed by atoms with E-state index in [1.54, 1.807) is 17.7 Å². The van der Waals surface area contributed by atoms with Crippen LogP contribution < -0.4 is 11.2 Å². The van der Waals surface area contributed by atoms with Crippen molar-refractivity contribution in [3.8, 4) is 0 Å². The normalized spacial score (nSPS) is 20.2. The highest BCUT2D eigenvalue weighted by Gasteiger charge is 2.15. The number of nitrogens with zero attached hydrogens (tertiary/aromatic N) is 1. The second kappa shape index (κ2) is 4.65. The molecule has 0 spiro atoms. The monoisotopic (exact) mass is 224 g/mol. The van der Waals surface area contributed by atoms with Gasteiger partial charge >= 0.3 is 5.69 Å². The van der Waals surface area contributed by atoms with E-state index in [0.717, 1.165) is 25.9 Å². The molecule has 88 valence electrons. The molecule has 0 aliphatic carbocycles. The second-order valence-corrected chi connectivity index (χ2v) is 4.19. The lowest BCUT2D eigenvalue weighted by molar-refractivity contribution is 0.1000. The summed E-state index contributed by atoms with van der Waals surface area (Å²) in [6.07, 6.45) is 4.86. The molecule has 0 amide bonds. The number of aromatic nitrogens is 2. The maximum Gasteiger partial charge on any atom is 0.328 e. The van der Waals surface area contributed by atoms with Gasteiger partial charge in [0.05, 0.1) is 6.10 Å². The van der Waals surface area contributed by atoms with Crippen molar-refractivity contribution in [2.24, 2.45) is 0 Å². The zero-order valence-corrected chi connectivity index (χ0v) is 9.36. The molecular weight excluding hydrogens is 208 g/mol. The number of nitrogens with one attached hydrogen (secondary N) is 1. The molecule has 1 N–H and O–H groups in total. The van der Waals surface area contributed by atoms with Crippen molar-refractivity contribution in [2.75, 3.05) is 6.61 Å². The number of aryl methyl sites for hydroxylation is 2. The molecule has 1 saturated heterocycles. The highest BCUT2D eigenvalue weighted by atomic mass is 16.5. The van der Waals surface area contributed by atoms with Gasteiger partial charge in [0.1, 0.15) is 0 Å². The highest BCUT2D eigenvalue weighted by Crippen LogP contribution is 2.15. The van der Waals surface area contributed by atoms with Crippen LogP contribution in [0.15, 0.2) is 15.8 Å². The third kappa shape index (κ3) is 2.41. The standard InChI is InChI=1S/C11H16N2O3/c1-8-7-13(11(15)12-10(8)14)5-4-9-3-2-6-16-9/h7,9H,2-6H2,1H3,(H,12,14,15). The van der Waals surface area contributed by atoms with Crippen molar-refractivity contribution >= 4 is 0 Å². The average Bonchev–Trinajstić information content (AvgIpc) is 2.74. The number of hydrogen-bond donors (Lipinski definition) is 1. The molecule has 1 aliphatic heterocycles. The predicted octanol–water partition coefficient (Wildman–Crippen LogP) is 0.414. The van der Waals surface area contributed by atoms with E-state index in [-0.39, 0.29) is 17.4 Å². The Kier molecular flexibility index (Phi) is 3.24. The Morgan fingerprint density at radius 1 is 1.56 bits per heavy atom. The molecule has 1 fully saturated rings. The average molecular weight is 224 g/mol.